The van der Waals surface area contributed by atoms with Crippen molar-refractivity contribution in [3.8, 4) is 23.8 Å². The SMILES string of the molecule is C#CCN(CC(=O)O)C(C)c1ccc(O)cc1O. The molecule has 0 saturated carbocycles. The number of carboxylic acid groups (broad SMARTS) is 1. The first-order valence-corrected chi connectivity index (χ1v) is 5.37. The topological polar surface area (TPSA) is 81.0 Å². The smallest absolute Gasteiger partial charge is 0.317 e. The van der Waals surface area contributed by atoms with E-state index in [-0.39, 0.29) is 30.6 Å². The van der Waals surface area contributed by atoms with Crippen LogP contribution in [0.5, 0.6) is 11.5 Å². The van der Waals surface area contributed by atoms with Gasteiger partial charge in [-0.3, -0.25) is 9.69 Å². The second-order valence-corrected chi connectivity index (χ2v) is 3.92. The van der Waals surface area contributed by atoms with Gasteiger partial charge in [0.05, 0.1) is 13.1 Å². The summed E-state index contributed by atoms with van der Waals surface area (Å²) < 4.78 is 0. The molecule has 0 aromatic heterocycles. The summed E-state index contributed by atoms with van der Waals surface area (Å²) in [7, 11) is 0. The summed E-state index contributed by atoms with van der Waals surface area (Å²) in [6.07, 6.45) is 5.20. The maximum absolute atomic E-state index is 10.7. The van der Waals surface area contributed by atoms with Crippen molar-refractivity contribution in [2.75, 3.05) is 13.1 Å². The van der Waals surface area contributed by atoms with Gasteiger partial charge < -0.3 is 15.3 Å². The van der Waals surface area contributed by atoms with Crippen molar-refractivity contribution in [3.05, 3.63) is 23.8 Å². The molecular formula is C13H15NO4. The van der Waals surface area contributed by atoms with E-state index in [2.05, 4.69) is 5.92 Å². The first kappa shape index (κ1) is 13.9. The van der Waals surface area contributed by atoms with E-state index < -0.39 is 5.97 Å². The standard InChI is InChI=1S/C13H15NO4/c1-3-6-14(8-13(17)18)9(2)11-5-4-10(15)7-12(11)16/h1,4-5,7,9,15-16H,6,8H2,2H3,(H,17,18). The van der Waals surface area contributed by atoms with Crippen molar-refractivity contribution in [1.29, 1.82) is 0 Å². The molecule has 1 aromatic carbocycles. The maximum atomic E-state index is 10.7. The lowest BCUT2D eigenvalue weighted by Crippen LogP contribution is -2.32. The third-order valence-corrected chi connectivity index (χ3v) is 2.64. The van der Waals surface area contributed by atoms with E-state index in [1.165, 1.54) is 17.0 Å². The second-order valence-electron chi connectivity index (χ2n) is 3.92. The fourth-order valence-electron chi connectivity index (χ4n) is 1.70. The Hall–Kier alpha value is -2.19. The molecule has 0 fully saturated rings. The highest BCUT2D eigenvalue weighted by Gasteiger charge is 2.20. The number of hydrogen-bond acceptors (Lipinski definition) is 4. The maximum Gasteiger partial charge on any atom is 0.317 e. The number of carboxylic acids is 1. The molecule has 0 amide bonds. The van der Waals surface area contributed by atoms with E-state index in [0.29, 0.717) is 5.56 Å². The quantitative estimate of drug-likeness (QED) is 0.683. The van der Waals surface area contributed by atoms with Crippen LogP contribution in [-0.4, -0.2) is 39.3 Å². The van der Waals surface area contributed by atoms with Crippen LogP contribution in [0.2, 0.25) is 0 Å². The van der Waals surface area contributed by atoms with Crippen LogP contribution in [0.4, 0.5) is 0 Å². The highest BCUT2D eigenvalue weighted by Crippen LogP contribution is 2.30. The van der Waals surface area contributed by atoms with Gasteiger partial charge in [-0.25, -0.2) is 0 Å². The van der Waals surface area contributed by atoms with Gasteiger partial charge in [-0.05, 0) is 13.0 Å². The van der Waals surface area contributed by atoms with E-state index in [0.717, 1.165) is 0 Å². The highest BCUT2D eigenvalue weighted by atomic mass is 16.4. The van der Waals surface area contributed by atoms with Crippen LogP contribution in [0.25, 0.3) is 0 Å². The fourth-order valence-corrected chi connectivity index (χ4v) is 1.70. The molecule has 0 heterocycles. The summed E-state index contributed by atoms with van der Waals surface area (Å²) in [5, 5.41) is 27.7. The Morgan fingerprint density at radius 3 is 2.67 bits per heavy atom. The molecular weight excluding hydrogens is 234 g/mol. The minimum atomic E-state index is -0.990. The third kappa shape index (κ3) is 3.40. The Balaban J connectivity index is 2.98. The monoisotopic (exact) mass is 249 g/mol. The van der Waals surface area contributed by atoms with Crippen LogP contribution in [0, 0.1) is 12.3 Å². The zero-order valence-corrected chi connectivity index (χ0v) is 10.00. The Kier molecular flexibility index (Phi) is 4.58. The molecule has 96 valence electrons. The Labute approximate surface area is 105 Å². The van der Waals surface area contributed by atoms with Crippen LogP contribution in [0.3, 0.4) is 0 Å². The van der Waals surface area contributed by atoms with Crippen molar-refractivity contribution in [2.45, 2.75) is 13.0 Å². The van der Waals surface area contributed by atoms with E-state index >= 15 is 0 Å². The molecule has 0 bridgehead atoms. The second kappa shape index (κ2) is 5.94. The normalized spacial score (nSPS) is 12.1. The van der Waals surface area contributed by atoms with Crippen LogP contribution >= 0.6 is 0 Å². The van der Waals surface area contributed by atoms with Gasteiger partial charge in [0, 0.05) is 17.7 Å². The molecule has 18 heavy (non-hydrogen) atoms. The van der Waals surface area contributed by atoms with Gasteiger partial charge in [0.15, 0.2) is 0 Å². The van der Waals surface area contributed by atoms with Gasteiger partial charge in [0.25, 0.3) is 0 Å². The molecule has 0 saturated heterocycles. The van der Waals surface area contributed by atoms with E-state index in [1.54, 1.807) is 13.0 Å². The lowest BCUT2D eigenvalue weighted by Gasteiger charge is -2.26. The number of phenols is 2. The van der Waals surface area contributed by atoms with E-state index in [4.69, 9.17) is 11.5 Å². The first-order valence-electron chi connectivity index (χ1n) is 5.37. The summed E-state index contributed by atoms with van der Waals surface area (Å²) >= 11 is 0. The predicted molar refractivity (Wildman–Crippen MR) is 66.2 cm³/mol. The zero-order chi connectivity index (χ0) is 13.7. The molecule has 0 aliphatic heterocycles. The molecule has 1 atom stereocenters. The van der Waals surface area contributed by atoms with Crippen LogP contribution in [0.1, 0.15) is 18.5 Å². The number of benzene rings is 1. The fraction of sp³-hybridized carbons (Fsp3) is 0.308. The highest BCUT2D eigenvalue weighted by molar-refractivity contribution is 5.69. The minimum Gasteiger partial charge on any atom is -0.508 e. The molecule has 1 unspecified atom stereocenters. The van der Waals surface area contributed by atoms with Gasteiger partial charge in [-0.2, -0.15) is 0 Å². The Bertz CT molecular complexity index is 478. The molecule has 0 radical (unpaired) electrons. The lowest BCUT2D eigenvalue weighted by molar-refractivity contribution is -0.138. The Morgan fingerprint density at radius 1 is 1.50 bits per heavy atom. The Morgan fingerprint density at radius 2 is 2.17 bits per heavy atom. The number of rotatable bonds is 5. The van der Waals surface area contributed by atoms with Gasteiger partial charge in [0.2, 0.25) is 0 Å². The van der Waals surface area contributed by atoms with Crippen molar-refractivity contribution in [3.63, 3.8) is 0 Å². The van der Waals surface area contributed by atoms with Gasteiger partial charge >= 0.3 is 5.97 Å². The minimum absolute atomic E-state index is 0.0508. The molecule has 5 heteroatoms. The van der Waals surface area contributed by atoms with Crippen LogP contribution < -0.4 is 0 Å². The summed E-state index contributed by atoms with van der Waals surface area (Å²) in [4.78, 5) is 12.3. The average Bonchev–Trinajstić information content (AvgIpc) is 2.27. The largest absolute Gasteiger partial charge is 0.508 e. The first-order chi connectivity index (χ1) is 8.45. The van der Waals surface area contributed by atoms with E-state index in [9.17, 15) is 15.0 Å². The molecule has 5 nitrogen and oxygen atoms in total. The van der Waals surface area contributed by atoms with Gasteiger partial charge in [-0.15, -0.1) is 6.42 Å². The van der Waals surface area contributed by atoms with Gasteiger partial charge in [0.1, 0.15) is 11.5 Å². The molecule has 0 aliphatic rings. The summed E-state index contributed by atoms with van der Waals surface area (Å²) in [6, 6.07) is 3.82. The predicted octanol–water partition coefficient (Wildman–Crippen LogP) is 1.18. The van der Waals surface area contributed by atoms with Crippen molar-refractivity contribution >= 4 is 5.97 Å². The summed E-state index contributed by atoms with van der Waals surface area (Å²) in [5.74, 6) is 1.26. The number of aromatic hydroxyl groups is 2. The number of hydrogen-bond donors (Lipinski definition) is 3. The average molecular weight is 249 g/mol. The van der Waals surface area contributed by atoms with Crippen LogP contribution in [-0.2, 0) is 4.79 Å². The summed E-state index contributed by atoms with van der Waals surface area (Å²) in [5.41, 5.74) is 0.518. The lowest BCUT2D eigenvalue weighted by atomic mass is 10.1. The number of carbonyl (C=O) groups is 1. The molecule has 0 spiro atoms. The number of aliphatic carboxylic acids is 1. The van der Waals surface area contributed by atoms with E-state index in [1.807, 2.05) is 0 Å². The van der Waals surface area contributed by atoms with Gasteiger partial charge in [-0.1, -0.05) is 12.0 Å². The van der Waals surface area contributed by atoms with Crippen molar-refractivity contribution in [2.24, 2.45) is 0 Å². The number of phenolic OH excluding ortho intramolecular Hbond substituents is 2. The molecule has 1 rings (SSSR count). The molecule has 3 N–H and O–H groups in total. The zero-order valence-electron chi connectivity index (χ0n) is 10.00. The van der Waals surface area contributed by atoms with Crippen molar-refractivity contribution in [1.82, 2.24) is 4.90 Å². The summed E-state index contributed by atoms with van der Waals surface area (Å²) in [6.45, 7) is 1.69. The number of nitrogens with zero attached hydrogens (tertiary/aromatic N) is 1. The number of terminal acetylenes is 1. The molecule has 1 aromatic rings. The third-order valence-electron chi connectivity index (χ3n) is 2.64. The van der Waals surface area contributed by atoms with Crippen LogP contribution in [0.15, 0.2) is 18.2 Å². The molecule has 0 aliphatic carbocycles. The van der Waals surface area contributed by atoms with Crippen molar-refractivity contribution < 1.29 is 20.1 Å².